The maximum atomic E-state index is 11.7. The van der Waals surface area contributed by atoms with Gasteiger partial charge in [0, 0.05) is 8.95 Å². The van der Waals surface area contributed by atoms with Gasteiger partial charge in [-0.3, -0.25) is 0 Å². The molecule has 0 aliphatic rings. The fourth-order valence-electron chi connectivity index (χ4n) is 1.83. The Labute approximate surface area is 167 Å². The zero-order valence-corrected chi connectivity index (χ0v) is 16.6. The monoisotopic (exact) mass is 476 g/mol. The first-order valence-corrected chi connectivity index (χ1v) is 9.06. The van der Waals surface area contributed by atoms with E-state index in [4.69, 9.17) is 9.84 Å². The largest absolute Gasteiger partial charge is 0.478 e. The summed E-state index contributed by atoms with van der Waals surface area (Å²) in [7, 11) is 0. The molecule has 3 rings (SSSR count). The summed E-state index contributed by atoms with van der Waals surface area (Å²) >= 11 is 6.51. The zero-order valence-electron chi connectivity index (χ0n) is 13.4. The van der Waals surface area contributed by atoms with Crippen LogP contribution in [0.1, 0.15) is 20.7 Å². The summed E-state index contributed by atoms with van der Waals surface area (Å²) in [4.78, 5) is 22.0. The Morgan fingerprint density at radius 2 is 1.15 bits per heavy atom. The van der Waals surface area contributed by atoms with E-state index in [1.165, 1.54) is 0 Å². The second kappa shape index (κ2) is 9.89. The van der Waals surface area contributed by atoms with Crippen molar-refractivity contribution in [1.82, 2.24) is 0 Å². The first kappa shape index (κ1) is 19.9. The molecule has 3 aromatic rings. The molecular formula is C20H14Br2O4. The van der Waals surface area contributed by atoms with Gasteiger partial charge in [0.05, 0.1) is 11.1 Å². The van der Waals surface area contributed by atoms with Crippen LogP contribution in [0, 0.1) is 0 Å². The number of rotatable bonds is 3. The minimum absolute atomic E-state index is 0.309. The third-order valence-corrected chi connectivity index (χ3v) is 4.18. The number of para-hydroxylation sites is 1. The van der Waals surface area contributed by atoms with Gasteiger partial charge >= 0.3 is 11.9 Å². The van der Waals surface area contributed by atoms with E-state index in [1.807, 2.05) is 30.3 Å². The average Bonchev–Trinajstić information content (AvgIpc) is 2.64. The SMILES string of the molecule is O=C(O)c1ccc(Br)cc1.O=C(Oc1ccccc1)c1ccc(Br)cc1. The molecule has 0 spiro atoms. The number of carbonyl (C=O) groups excluding carboxylic acids is 1. The van der Waals surface area contributed by atoms with E-state index in [1.54, 1.807) is 48.5 Å². The van der Waals surface area contributed by atoms with Crippen molar-refractivity contribution in [3.8, 4) is 5.75 Å². The van der Waals surface area contributed by atoms with Crippen molar-refractivity contribution in [2.75, 3.05) is 0 Å². The van der Waals surface area contributed by atoms with Crippen LogP contribution < -0.4 is 4.74 Å². The molecule has 0 heterocycles. The first-order chi connectivity index (χ1) is 12.5. The van der Waals surface area contributed by atoms with Gasteiger partial charge in [-0.05, 0) is 60.7 Å². The van der Waals surface area contributed by atoms with Crippen molar-refractivity contribution in [3.63, 3.8) is 0 Å². The van der Waals surface area contributed by atoms with Crippen LogP contribution in [-0.2, 0) is 0 Å². The number of carbonyl (C=O) groups is 2. The van der Waals surface area contributed by atoms with Crippen LogP contribution in [0.3, 0.4) is 0 Å². The smallest absolute Gasteiger partial charge is 0.343 e. The summed E-state index contributed by atoms with van der Waals surface area (Å²) in [6.45, 7) is 0. The Bertz CT molecular complexity index is 861. The van der Waals surface area contributed by atoms with Crippen molar-refractivity contribution >= 4 is 43.8 Å². The molecule has 0 amide bonds. The Morgan fingerprint density at radius 3 is 1.62 bits per heavy atom. The lowest BCUT2D eigenvalue weighted by atomic mass is 10.2. The number of hydrogen-bond donors (Lipinski definition) is 1. The van der Waals surface area contributed by atoms with Crippen molar-refractivity contribution in [3.05, 3.63) is 98.9 Å². The normalized spacial score (nSPS) is 9.62. The predicted octanol–water partition coefficient (Wildman–Crippen LogP) is 5.82. The summed E-state index contributed by atoms with van der Waals surface area (Å²) in [6, 6.07) is 22.6. The number of hydrogen-bond acceptors (Lipinski definition) is 3. The van der Waals surface area contributed by atoms with Gasteiger partial charge in [-0.15, -0.1) is 0 Å². The molecule has 132 valence electrons. The molecule has 0 radical (unpaired) electrons. The summed E-state index contributed by atoms with van der Waals surface area (Å²) in [6.07, 6.45) is 0. The highest BCUT2D eigenvalue weighted by Gasteiger charge is 2.07. The van der Waals surface area contributed by atoms with Crippen molar-refractivity contribution in [2.24, 2.45) is 0 Å². The van der Waals surface area contributed by atoms with E-state index in [-0.39, 0.29) is 5.97 Å². The molecule has 6 heteroatoms. The standard InChI is InChI=1S/C13H9BrO2.C7H5BrO2/c14-11-8-6-10(7-9-11)13(15)16-12-4-2-1-3-5-12;8-6-3-1-5(2-4-6)7(9)10/h1-9H;1-4H,(H,9,10). The molecule has 0 aliphatic heterocycles. The van der Waals surface area contributed by atoms with E-state index in [0.29, 0.717) is 16.9 Å². The lowest BCUT2D eigenvalue weighted by Crippen LogP contribution is -2.07. The summed E-state index contributed by atoms with van der Waals surface area (Å²) < 4.78 is 7.01. The third-order valence-electron chi connectivity index (χ3n) is 3.12. The van der Waals surface area contributed by atoms with Gasteiger partial charge < -0.3 is 9.84 Å². The number of benzene rings is 3. The number of carboxylic acids is 1. The molecule has 1 N–H and O–H groups in total. The number of carboxylic acid groups (broad SMARTS) is 1. The van der Waals surface area contributed by atoms with Gasteiger partial charge in [0.25, 0.3) is 0 Å². The zero-order chi connectivity index (χ0) is 18.9. The molecule has 3 aromatic carbocycles. The van der Waals surface area contributed by atoms with E-state index in [9.17, 15) is 9.59 Å². The highest BCUT2D eigenvalue weighted by molar-refractivity contribution is 9.10. The Morgan fingerprint density at radius 1 is 0.692 bits per heavy atom. The van der Waals surface area contributed by atoms with Gasteiger partial charge in [0.2, 0.25) is 0 Å². The number of ether oxygens (including phenoxy) is 1. The maximum absolute atomic E-state index is 11.7. The molecular weight excluding hydrogens is 464 g/mol. The van der Waals surface area contributed by atoms with Crippen LogP contribution in [0.4, 0.5) is 0 Å². The number of aromatic carboxylic acids is 1. The molecule has 0 saturated heterocycles. The lowest BCUT2D eigenvalue weighted by molar-refractivity contribution is 0.0694. The topological polar surface area (TPSA) is 63.6 Å². The fourth-order valence-corrected chi connectivity index (χ4v) is 2.36. The van der Waals surface area contributed by atoms with E-state index in [2.05, 4.69) is 31.9 Å². The minimum Gasteiger partial charge on any atom is -0.478 e. The highest BCUT2D eigenvalue weighted by atomic mass is 79.9. The second-order valence-corrected chi connectivity index (χ2v) is 6.85. The minimum atomic E-state index is -0.896. The summed E-state index contributed by atoms with van der Waals surface area (Å²) in [5.74, 6) is -0.693. The summed E-state index contributed by atoms with van der Waals surface area (Å²) in [5.41, 5.74) is 0.843. The number of halogens is 2. The van der Waals surface area contributed by atoms with Gasteiger partial charge in [0.1, 0.15) is 5.75 Å². The lowest BCUT2D eigenvalue weighted by Gasteiger charge is -2.03. The maximum Gasteiger partial charge on any atom is 0.343 e. The fraction of sp³-hybridized carbons (Fsp3) is 0. The summed E-state index contributed by atoms with van der Waals surface area (Å²) in [5, 5.41) is 8.46. The van der Waals surface area contributed by atoms with Gasteiger partial charge in [-0.2, -0.15) is 0 Å². The molecule has 0 aliphatic carbocycles. The average molecular weight is 478 g/mol. The first-order valence-electron chi connectivity index (χ1n) is 7.47. The van der Waals surface area contributed by atoms with Crippen LogP contribution in [0.25, 0.3) is 0 Å². The molecule has 4 nitrogen and oxygen atoms in total. The number of esters is 1. The van der Waals surface area contributed by atoms with Crippen molar-refractivity contribution in [1.29, 1.82) is 0 Å². The molecule has 0 atom stereocenters. The van der Waals surface area contributed by atoms with E-state index < -0.39 is 5.97 Å². The molecule has 26 heavy (non-hydrogen) atoms. The van der Waals surface area contributed by atoms with E-state index >= 15 is 0 Å². The van der Waals surface area contributed by atoms with Crippen LogP contribution in [0.5, 0.6) is 5.75 Å². The second-order valence-electron chi connectivity index (χ2n) is 5.02. The Kier molecular flexibility index (Phi) is 7.56. The molecule has 0 bridgehead atoms. The third kappa shape index (κ3) is 6.46. The van der Waals surface area contributed by atoms with Crippen LogP contribution in [0.15, 0.2) is 87.8 Å². The predicted molar refractivity (Wildman–Crippen MR) is 107 cm³/mol. The van der Waals surface area contributed by atoms with Gasteiger partial charge in [0.15, 0.2) is 0 Å². The van der Waals surface area contributed by atoms with Crippen molar-refractivity contribution in [2.45, 2.75) is 0 Å². The van der Waals surface area contributed by atoms with Crippen LogP contribution in [0.2, 0.25) is 0 Å². The molecule has 0 aromatic heterocycles. The van der Waals surface area contributed by atoms with Crippen molar-refractivity contribution < 1.29 is 19.4 Å². The van der Waals surface area contributed by atoms with Crippen LogP contribution >= 0.6 is 31.9 Å². The van der Waals surface area contributed by atoms with Crippen LogP contribution in [-0.4, -0.2) is 17.0 Å². The highest BCUT2D eigenvalue weighted by Crippen LogP contribution is 2.14. The Hall–Kier alpha value is -2.44. The van der Waals surface area contributed by atoms with Gasteiger partial charge in [-0.25, -0.2) is 9.59 Å². The Balaban J connectivity index is 0.000000209. The molecule has 0 fully saturated rings. The molecule has 0 saturated carbocycles. The quantitative estimate of drug-likeness (QED) is 0.381. The van der Waals surface area contributed by atoms with Gasteiger partial charge in [-0.1, -0.05) is 50.1 Å². The van der Waals surface area contributed by atoms with E-state index in [0.717, 1.165) is 8.95 Å². The molecule has 0 unspecified atom stereocenters.